The van der Waals surface area contributed by atoms with Gasteiger partial charge in [0.25, 0.3) is 0 Å². The average molecular weight is 273 g/mol. The average Bonchev–Trinajstić information content (AvgIpc) is 3.31. The van der Waals surface area contributed by atoms with E-state index in [4.69, 9.17) is 0 Å². The van der Waals surface area contributed by atoms with Crippen molar-refractivity contribution in [3.05, 3.63) is 24.0 Å². The fraction of sp³-hybridized carbons (Fsp3) is 0.706. The van der Waals surface area contributed by atoms with Crippen LogP contribution in [-0.2, 0) is 6.54 Å². The summed E-state index contributed by atoms with van der Waals surface area (Å²) in [5.41, 5.74) is 2.53. The zero-order chi connectivity index (χ0) is 13.9. The van der Waals surface area contributed by atoms with Gasteiger partial charge in [0.15, 0.2) is 0 Å². The summed E-state index contributed by atoms with van der Waals surface area (Å²) in [6, 6.07) is 4.97. The smallest absolute Gasteiger partial charge is 0.0562 e. The molecule has 0 bridgehead atoms. The maximum absolute atomic E-state index is 4.49. The number of pyridine rings is 1. The van der Waals surface area contributed by atoms with Crippen molar-refractivity contribution >= 4 is 5.69 Å². The fourth-order valence-corrected chi connectivity index (χ4v) is 2.58. The lowest BCUT2D eigenvalue weighted by molar-refractivity contribution is 0.581. The highest BCUT2D eigenvalue weighted by Crippen LogP contribution is 2.35. The summed E-state index contributed by atoms with van der Waals surface area (Å²) in [4.78, 5) is 7.10. The van der Waals surface area contributed by atoms with Crippen LogP contribution in [0.5, 0.6) is 0 Å². The van der Waals surface area contributed by atoms with Gasteiger partial charge in [-0.2, -0.15) is 0 Å². The molecule has 0 unspecified atom stereocenters. The summed E-state index contributed by atoms with van der Waals surface area (Å²) in [5.74, 6) is 1.89. The minimum Gasteiger partial charge on any atom is -0.371 e. The molecule has 110 valence electrons. The van der Waals surface area contributed by atoms with E-state index >= 15 is 0 Å². The third kappa shape index (κ3) is 4.20. The van der Waals surface area contributed by atoms with Gasteiger partial charge < -0.3 is 10.2 Å². The SMILES string of the molecule is CC(C)NCc1cc(N(CC2CC2)CC2CC2)ccn1. The quantitative estimate of drug-likeness (QED) is 0.788. The van der Waals surface area contributed by atoms with E-state index in [1.807, 2.05) is 6.20 Å². The molecule has 2 aliphatic rings. The molecule has 0 radical (unpaired) electrons. The lowest BCUT2D eigenvalue weighted by atomic mass is 10.2. The van der Waals surface area contributed by atoms with Gasteiger partial charge in [0, 0.05) is 37.6 Å². The second-order valence-electron chi connectivity index (χ2n) is 6.83. The Hall–Kier alpha value is -1.09. The van der Waals surface area contributed by atoms with Crippen molar-refractivity contribution in [2.75, 3.05) is 18.0 Å². The summed E-state index contributed by atoms with van der Waals surface area (Å²) < 4.78 is 0. The molecule has 0 aliphatic heterocycles. The summed E-state index contributed by atoms with van der Waals surface area (Å²) in [6.45, 7) is 7.72. The predicted molar refractivity (Wildman–Crippen MR) is 83.9 cm³/mol. The van der Waals surface area contributed by atoms with Gasteiger partial charge in [0.1, 0.15) is 0 Å². The number of anilines is 1. The van der Waals surface area contributed by atoms with Crippen LogP contribution in [0.15, 0.2) is 18.3 Å². The van der Waals surface area contributed by atoms with Crippen LogP contribution in [0.1, 0.15) is 45.2 Å². The van der Waals surface area contributed by atoms with Crippen LogP contribution in [0.2, 0.25) is 0 Å². The first-order chi connectivity index (χ1) is 9.70. The highest BCUT2D eigenvalue weighted by molar-refractivity contribution is 5.47. The predicted octanol–water partition coefficient (Wildman–Crippen LogP) is 3.21. The lowest BCUT2D eigenvalue weighted by Crippen LogP contribution is -2.28. The van der Waals surface area contributed by atoms with Gasteiger partial charge >= 0.3 is 0 Å². The van der Waals surface area contributed by atoms with Gasteiger partial charge in [-0.25, -0.2) is 0 Å². The van der Waals surface area contributed by atoms with Gasteiger partial charge in [-0.15, -0.1) is 0 Å². The molecular formula is C17H27N3. The fourth-order valence-electron chi connectivity index (χ4n) is 2.58. The second kappa shape index (κ2) is 6.13. The number of rotatable bonds is 8. The lowest BCUT2D eigenvalue weighted by Gasteiger charge is -2.25. The molecule has 2 aliphatic carbocycles. The van der Waals surface area contributed by atoms with Crippen molar-refractivity contribution in [1.82, 2.24) is 10.3 Å². The van der Waals surface area contributed by atoms with Crippen LogP contribution in [-0.4, -0.2) is 24.1 Å². The molecule has 0 atom stereocenters. The van der Waals surface area contributed by atoms with E-state index in [0.717, 1.165) is 24.1 Å². The van der Waals surface area contributed by atoms with Crippen LogP contribution in [0, 0.1) is 11.8 Å². The first-order valence-corrected chi connectivity index (χ1v) is 8.14. The molecule has 0 spiro atoms. The summed E-state index contributed by atoms with van der Waals surface area (Å²) in [6.07, 6.45) is 7.67. The summed E-state index contributed by atoms with van der Waals surface area (Å²) in [7, 11) is 0. The van der Waals surface area contributed by atoms with E-state index in [1.165, 1.54) is 44.5 Å². The Kier molecular flexibility index (Phi) is 4.25. The number of hydrogen-bond acceptors (Lipinski definition) is 3. The van der Waals surface area contributed by atoms with Crippen molar-refractivity contribution in [3.63, 3.8) is 0 Å². The Labute approximate surface area is 122 Å². The van der Waals surface area contributed by atoms with E-state index in [1.54, 1.807) is 0 Å². The van der Waals surface area contributed by atoms with Gasteiger partial charge in [-0.1, -0.05) is 13.8 Å². The maximum atomic E-state index is 4.49. The third-order valence-electron chi connectivity index (χ3n) is 4.21. The van der Waals surface area contributed by atoms with Crippen molar-refractivity contribution in [2.45, 2.75) is 52.1 Å². The first kappa shape index (κ1) is 13.9. The second-order valence-corrected chi connectivity index (χ2v) is 6.83. The van der Waals surface area contributed by atoms with E-state index in [-0.39, 0.29) is 0 Å². The van der Waals surface area contributed by atoms with Crippen molar-refractivity contribution in [1.29, 1.82) is 0 Å². The number of aromatic nitrogens is 1. The molecular weight excluding hydrogens is 246 g/mol. The van der Waals surface area contributed by atoms with Crippen molar-refractivity contribution in [2.24, 2.45) is 11.8 Å². The zero-order valence-electron chi connectivity index (χ0n) is 12.8. The topological polar surface area (TPSA) is 28.2 Å². The molecule has 3 rings (SSSR count). The van der Waals surface area contributed by atoms with Crippen LogP contribution >= 0.6 is 0 Å². The van der Waals surface area contributed by atoms with Gasteiger partial charge in [0.2, 0.25) is 0 Å². The van der Waals surface area contributed by atoms with E-state index in [0.29, 0.717) is 6.04 Å². The molecule has 0 amide bonds. The monoisotopic (exact) mass is 273 g/mol. The molecule has 1 aromatic heterocycles. The Morgan fingerprint density at radius 1 is 1.20 bits per heavy atom. The molecule has 1 N–H and O–H groups in total. The Balaban J connectivity index is 1.66. The van der Waals surface area contributed by atoms with Crippen LogP contribution in [0.25, 0.3) is 0 Å². The van der Waals surface area contributed by atoms with Gasteiger partial charge in [-0.3, -0.25) is 4.98 Å². The maximum Gasteiger partial charge on any atom is 0.0562 e. The van der Waals surface area contributed by atoms with E-state index in [2.05, 4.69) is 41.2 Å². The first-order valence-electron chi connectivity index (χ1n) is 8.14. The molecule has 0 aromatic carbocycles. The van der Waals surface area contributed by atoms with E-state index in [9.17, 15) is 0 Å². The standard InChI is InChI=1S/C17H27N3/c1-13(2)19-10-16-9-17(7-8-18-16)20(11-14-3-4-14)12-15-5-6-15/h7-9,13-15,19H,3-6,10-12H2,1-2H3. The van der Waals surface area contributed by atoms with Crippen LogP contribution in [0.4, 0.5) is 5.69 Å². The molecule has 3 nitrogen and oxygen atoms in total. The zero-order valence-corrected chi connectivity index (χ0v) is 12.8. The Morgan fingerprint density at radius 3 is 2.40 bits per heavy atom. The number of nitrogens with zero attached hydrogens (tertiary/aromatic N) is 2. The Bertz CT molecular complexity index is 422. The molecule has 3 heteroatoms. The summed E-state index contributed by atoms with van der Waals surface area (Å²) in [5, 5.41) is 3.45. The number of hydrogen-bond donors (Lipinski definition) is 1. The van der Waals surface area contributed by atoms with Crippen LogP contribution < -0.4 is 10.2 Å². The van der Waals surface area contributed by atoms with Crippen molar-refractivity contribution < 1.29 is 0 Å². The normalized spacial score (nSPS) is 18.6. The van der Waals surface area contributed by atoms with Gasteiger partial charge in [-0.05, 0) is 49.7 Å². The summed E-state index contributed by atoms with van der Waals surface area (Å²) >= 11 is 0. The minimum atomic E-state index is 0.509. The Morgan fingerprint density at radius 2 is 1.85 bits per heavy atom. The highest BCUT2D eigenvalue weighted by atomic mass is 15.1. The van der Waals surface area contributed by atoms with Crippen molar-refractivity contribution in [3.8, 4) is 0 Å². The largest absolute Gasteiger partial charge is 0.371 e. The van der Waals surface area contributed by atoms with E-state index < -0.39 is 0 Å². The third-order valence-corrected chi connectivity index (χ3v) is 4.21. The molecule has 2 saturated carbocycles. The molecule has 1 heterocycles. The number of nitrogens with one attached hydrogen (secondary N) is 1. The molecule has 0 saturated heterocycles. The molecule has 20 heavy (non-hydrogen) atoms. The highest BCUT2D eigenvalue weighted by Gasteiger charge is 2.29. The van der Waals surface area contributed by atoms with Gasteiger partial charge in [0.05, 0.1) is 5.69 Å². The molecule has 1 aromatic rings. The van der Waals surface area contributed by atoms with Crippen LogP contribution in [0.3, 0.4) is 0 Å². The molecule has 2 fully saturated rings. The minimum absolute atomic E-state index is 0.509.